The van der Waals surface area contributed by atoms with Gasteiger partial charge in [-0.15, -0.1) is 0 Å². The molecule has 0 aromatic heterocycles. The second-order valence-electron chi connectivity index (χ2n) is 6.75. The maximum absolute atomic E-state index is 12.4. The summed E-state index contributed by atoms with van der Waals surface area (Å²) in [7, 11) is 0. The standard InChI is InChI=1S/C18H34N2O3/c1-2-3-4-5-6-7-8-9-10-11-12-13-17-19-14-15-20(17,23)16-18(21)22/h2-16H2,1H3,(H,21,22). The van der Waals surface area contributed by atoms with Crippen molar-refractivity contribution in [3.05, 3.63) is 5.21 Å². The van der Waals surface area contributed by atoms with Gasteiger partial charge >= 0.3 is 5.97 Å². The van der Waals surface area contributed by atoms with Crippen LogP contribution in [0.3, 0.4) is 0 Å². The lowest BCUT2D eigenvalue weighted by Gasteiger charge is -2.37. The van der Waals surface area contributed by atoms with Gasteiger partial charge in [0.2, 0.25) is 0 Å². The van der Waals surface area contributed by atoms with Gasteiger partial charge in [-0.05, 0) is 6.42 Å². The molecule has 0 aromatic rings. The molecule has 1 aliphatic heterocycles. The number of hydrogen-bond acceptors (Lipinski definition) is 3. The smallest absolute Gasteiger partial charge is 0.360 e. The molecule has 1 heterocycles. The third-order valence-electron chi connectivity index (χ3n) is 4.62. The van der Waals surface area contributed by atoms with E-state index >= 15 is 0 Å². The van der Waals surface area contributed by atoms with E-state index in [0.717, 1.165) is 12.8 Å². The summed E-state index contributed by atoms with van der Waals surface area (Å²) in [5.41, 5.74) is 0. The van der Waals surface area contributed by atoms with Crippen LogP contribution < -0.4 is 0 Å². The maximum atomic E-state index is 12.4. The summed E-state index contributed by atoms with van der Waals surface area (Å²) in [4.78, 5) is 15.0. The Morgan fingerprint density at radius 1 is 1.04 bits per heavy atom. The predicted octanol–water partition coefficient (Wildman–Crippen LogP) is 4.50. The molecular weight excluding hydrogens is 292 g/mol. The van der Waals surface area contributed by atoms with E-state index in [9.17, 15) is 10.0 Å². The molecule has 0 spiro atoms. The highest BCUT2D eigenvalue weighted by atomic mass is 16.6. The summed E-state index contributed by atoms with van der Waals surface area (Å²) >= 11 is 0. The molecule has 5 nitrogen and oxygen atoms in total. The van der Waals surface area contributed by atoms with Crippen molar-refractivity contribution >= 4 is 11.8 Å². The molecule has 1 N–H and O–H groups in total. The number of carboxylic acid groups (broad SMARTS) is 1. The topological polar surface area (TPSA) is 72.7 Å². The molecule has 0 saturated heterocycles. The molecule has 0 amide bonds. The molecule has 1 aliphatic rings. The van der Waals surface area contributed by atoms with Gasteiger partial charge in [0.15, 0.2) is 12.4 Å². The molecule has 1 unspecified atom stereocenters. The van der Waals surface area contributed by atoms with Crippen LogP contribution in [0.1, 0.15) is 84.0 Å². The number of aliphatic carboxylic acids is 1. The minimum Gasteiger partial charge on any atom is -0.626 e. The monoisotopic (exact) mass is 326 g/mol. The Bertz CT molecular complexity index is 371. The minimum absolute atomic E-state index is 0.291. The van der Waals surface area contributed by atoms with E-state index in [1.165, 1.54) is 57.8 Å². The molecule has 23 heavy (non-hydrogen) atoms. The van der Waals surface area contributed by atoms with Crippen LogP contribution >= 0.6 is 0 Å². The molecule has 0 saturated carbocycles. The van der Waals surface area contributed by atoms with Crippen LogP contribution in [0.2, 0.25) is 0 Å². The Kier molecular flexibility index (Phi) is 10.1. The highest BCUT2D eigenvalue weighted by Gasteiger charge is 2.31. The van der Waals surface area contributed by atoms with Crippen LogP contribution in [0.4, 0.5) is 0 Å². The molecule has 0 bridgehead atoms. The van der Waals surface area contributed by atoms with Crippen LogP contribution in [-0.4, -0.2) is 41.2 Å². The van der Waals surface area contributed by atoms with Gasteiger partial charge in [-0.2, -0.15) is 0 Å². The van der Waals surface area contributed by atoms with Gasteiger partial charge in [-0.25, -0.2) is 9.79 Å². The van der Waals surface area contributed by atoms with E-state index in [1.807, 2.05) is 0 Å². The summed E-state index contributed by atoms with van der Waals surface area (Å²) in [5.74, 6) is -0.489. The summed E-state index contributed by atoms with van der Waals surface area (Å²) < 4.78 is -0.729. The average Bonchev–Trinajstić information content (AvgIpc) is 2.84. The van der Waals surface area contributed by atoms with Gasteiger partial charge < -0.3 is 15.0 Å². The summed E-state index contributed by atoms with van der Waals surface area (Å²) in [6.07, 6.45) is 14.7. The Morgan fingerprint density at radius 2 is 1.57 bits per heavy atom. The van der Waals surface area contributed by atoms with Gasteiger partial charge in [-0.3, -0.25) is 0 Å². The first kappa shape index (κ1) is 20.1. The van der Waals surface area contributed by atoms with E-state index in [2.05, 4.69) is 11.9 Å². The maximum Gasteiger partial charge on any atom is 0.360 e. The molecule has 0 aliphatic carbocycles. The molecule has 134 valence electrons. The van der Waals surface area contributed by atoms with Crippen LogP contribution in [0, 0.1) is 5.21 Å². The Labute approximate surface area is 141 Å². The average molecular weight is 326 g/mol. The van der Waals surface area contributed by atoms with Crippen molar-refractivity contribution in [3.63, 3.8) is 0 Å². The van der Waals surface area contributed by atoms with E-state index < -0.39 is 10.6 Å². The molecule has 0 aromatic carbocycles. The molecule has 5 heteroatoms. The SMILES string of the molecule is CCCCCCCCCCCCCC1=NCC[N+]1([O-])CC(=O)O. The van der Waals surface area contributed by atoms with E-state index in [1.54, 1.807) is 0 Å². The van der Waals surface area contributed by atoms with E-state index in [4.69, 9.17) is 5.11 Å². The normalized spacial score (nSPS) is 20.7. The van der Waals surface area contributed by atoms with Gasteiger partial charge in [0.05, 0.1) is 6.54 Å². The molecule has 0 fully saturated rings. The minimum atomic E-state index is -1.03. The largest absolute Gasteiger partial charge is 0.626 e. The zero-order valence-electron chi connectivity index (χ0n) is 14.8. The number of hydrogen-bond donors (Lipinski definition) is 1. The van der Waals surface area contributed by atoms with Crippen LogP contribution in [-0.2, 0) is 4.79 Å². The first-order chi connectivity index (χ1) is 11.1. The first-order valence-corrected chi connectivity index (χ1v) is 9.42. The van der Waals surface area contributed by atoms with E-state index in [0.29, 0.717) is 25.3 Å². The lowest BCUT2D eigenvalue weighted by Crippen LogP contribution is -2.48. The molecule has 1 atom stereocenters. The highest BCUT2D eigenvalue weighted by molar-refractivity contribution is 5.80. The number of carbonyl (C=O) groups is 1. The van der Waals surface area contributed by atoms with Crippen molar-refractivity contribution in [3.8, 4) is 0 Å². The molecular formula is C18H34N2O3. The van der Waals surface area contributed by atoms with Crippen LogP contribution in [0.25, 0.3) is 0 Å². The number of rotatable bonds is 14. The fourth-order valence-electron chi connectivity index (χ4n) is 3.22. The Balaban J connectivity index is 1.99. The highest BCUT2D eigenvalue weighted by Crippen LogP contribution is 2.19. The lowest BCUT2D eigenvalue weighted by atomic mass is 10.1. The fourth-order valence-corrected chi connectivity index (χ4v) is 3.22. The van der Waals surface area contributed by atoms with Gasteiger partial charge in [0.1, 0.15) is 6.54 Å². The lowest BCUT2D eigenvalue weighted by molar-refractivity contribution is -0.775. The zero-order chi connectivity index (χ0) is 17.0. The Hall–Kier alpha value is -0.940. The summed E-state index contributed by atoms with van der Waals surface area (Å²) in [6, 6.07) is 0. The first-order valence-electron chi connectivity index (χ1n) is 9.42. The van der Waals surface area contributed by atoms with Crippen molar-refractivity contribution in [1.82, 2.24) is 0 Å². The number of amidine groups is 1. The number of unbranched alkanes of at least 4 members (excludes halogenated alkanes) is 10. The van der Waals surface area contributed by atoms with Crippen LogP contribution in [0.15, 0.2) is 4.99 Å². The van der Waals surface area contributed by atoms with Crippen molar-refractivity contribution in [2.75, 3.05) is 19.6 Å². The third-order valence-corrected chi connectivity index (χ3v) is 4.62. The summed E-state index contributed by atoms with van der Waals surface area (Å²) in [5, 5.41) is 21.2. The zero-order valence-corrected chi connectivity index (χ0v) is 14.8. The van der Waals surface area contributed by atoms with E-state index in [-0.39, 0.29) is 6.54 Å². The number of hydroxylamine groups is 3. The quantitative estimate of drug-likeness (QED) is 0.290. The van der Waals surface area contributed by atoms with Gasteiger partial charge in [-0.1, -0.05) is 71.1 Å². The second kappa shape index (κ2) is 11.6. The van der Waals surface area contributed by atoms with Gasteiger partial charge in [0, 0.05) is 6.42 Å². The predicted molar refractivity (Wildman–Crippen MR) is 94.4 cm³/mol. The van der Waals surface area contributed by atoms with Crippen molar-refractivity contribution in [2.24, 2.45) is 4.99 Å². The number of nitrogens with zero attached hydrogens (tertiary/aromatic N) is 2. The molecule has 0 radical (unpaired) electrons. The van der Waals surface area contributed by atoms with Crippen molar-refractivity contribution < 1.29 is 14.5 Å². The Morgan fingerprint density at radius 3 is 2.09 bits per heavy atom. The van der Waals surface area contributed by atoms with Crippen LogP contribution in [0.5, 0.6) is 0 Å². The second-order valence-corrected chi connectivity index (χ2v) is 6.75. The molecule has 1 rings (SSSR count). The summed E-state index contributed by atoms with van der Waals surface area (Å²) in [6.45, 7) is 2.63. The number of aliphatic imine (C=N–C) groups is 1. The van der Waals surface area contributed by atoms with Gasteiger partial charge in [0.25, 0.3) is 0 Å². The van der Waals surface area contributed by atoms with Crippen molar-refractivity contribution in [1.29, 1.82) is 0 Å². The number of quaternary nitrogens is 1. The fraction of sp³-hybridized carbons (Fsp3) is 0.889. The third kappa shape index (κ3) is 8.47. The number of carboxylic acids is 1. The van der Waals surface area contributed by atoms with Crippen molar-refractivity contribution in [2.45, 2.75) is 84.0 Å².